The zero-order valence-electron chi connectivity index (χ0n) is 11.6. The maximum Gasteiger partial charge on any atom is 0.0692 e. The van der Waals surface area contributed by atoms with E-state index >= 15 is 0 Å². The van der Waals surface area contributed by atoms with E-state index in [1.807, 2.05) is 0 Å². The van der Waals surface area contributed by atoms with E-state index < -0.39 is 0 Å². The van der Waals surface area contributed by atoms with Crippen molar-refractivity contribution in [3.63, 3.8) is 0 Å². The molecule has 3 atom stereocenters. The second kappa shape index (κ2) is 8.06. The predicted octanol–water partition coefficient (Wildman–Crippen LogP) is 2.33. The second-order valence-corrected chi connectivity index (χ2v) is 5.17. The highest BCUT2D eigenvalue weighted by Crippen LogP contribution is 2.17. The Kier molecular flexibility index (Phi) is 7.09. The SMILES string of the molecule is CCC1CC(NCC(O)C(CC)CC)CCO1. The van der Waals surface area contributed by atoms with Gasteiger partial charge in [-0.15, -0.1) is 0 Å². The molecule has 3 unspecified atom stereocenters. The minimum Gasteiger partial charge on any atom is -0.392 e. The number of aliphatic hydroxyl groups excluding tert-OH is 1. The van der Waals surface area contributed by atoms with Gasteiger partial charge in [0.15, 0.2) is 0 Å². The molecule has 0 aliphatic carbocycles. The first-order valence-electron chi connectivity index (χ1n) is 7.24. The minimum absolute atomic E-state index is 0.201. The number of aliphatic hydroxyl groups is 1. The third kappa shape index (κ3) is 4.94. The van der Waals surface area contributed by atoms with Crippen LogP contribution in [0.5, 0.6) is 0 Å². The van der Waals surface area contributed by atoms with Gasteiger partial charge in [-0.25, -0.2) is 0 Å². The van der Waals surface area contributed by atoms with Crippen molar-refractivity contribution in [2.24, 2.45) is 5.92 Å². The Hall–Kier alpha value is -0.120. The van der Waals surface area contributed by atoms with Gasteiger partial charge in [0.1, 0.15) is 0 Å². The van der Waals surface area contributed by atoms with Crippen molar-refractivity contribution in [1.29, 1.82) is 0 Å². The molecule has 0 spiro atoms. The summed E-state index contributed by atoms with van der Waals surface area (Å²) in [6.07, 6.45) is 5.58. The summed E-state index contributed by atoms with van der Waals surface area (Å²) < 4.78 is 5.65. The lowest BCUT2D eigenvalue weighted by molar-refractivity contribution is -0.00362. The van der Waals surface area contributed by atoms with Gasteiger partial charge in [0, 0.05) is 19.2 Å². The lowest BCUT2D eigenvalue weighted by Gasteiger charge is -2.31. The monoisotopic (exact) mass is 243 g/mol. The van der Waals surface area contributed by atoms with E-state index in [-0.39, 0.29) is 6.10 Å². The first kappa shape index (κ1) is 14.9. The summed E-state index contributed by atoms with van der Waals surface area (Å²) in [6, 6.07) is 0.526. The number of nitrogens with one attached hydrogen (secondary N) is 1. The molecule has 1 heterocycles. The van der Waals surface area contributed by atoms with Gasteiger partial charge >= 0.3 is 0 Å². The molecule has 0 radical (unpaired) electrons. The molecule has 1 rings (SSSR count). The average molecular weight is 243 g/mol. The summed E-state index contributed by atoms with van der Waals surface area (Å²) in [6.45, 7) is 8.06. The number of hydrogen-bond acceptors (Lipinski definition) is 3. The van der Waals surface area contributed by atoms with Crippen molar-refractivity contribution in [2.75, 3.05) is 13.2 Å². The van der Waals surface area contributed by atoms with Crippen molar-refractivity contribution >= 4 is 0 Å². The van der Waals surface area contributed by atoms with E-state index in [1.54, 1.807) is 0 Å². The molecule has 1 aliphatic rings. The van der Waals surface area contributed by atoms with Crippen LogP contribution < -0.4 is 5.32 Å². The summed E-state index contributed by atoms with van der Waals surface area (Å²) in [7, 11) is 0. The topological polar surface area (TPSA) is 41.5 Å². The Morgan fingerprint density at radius 1 is 1.29 bits per heavy atom. The third-order valence-electron chi connectivity index (χ3n) is 4.03. The molecule has 0 aromatic heterocycles. The van der Waals surface area contributed by atoms with E-state index in [0.29, 0.717) is 18.1 Å². The van der Waals surface area contributed by atoms with Gasteiger partial charge in [0.05, 0.1) is 12.2 Å². The van der Waals surface area contributed by atoms with Crippen LogP contribution in [0.3, 0.4) is 0 Å². The molecule has 2 N–H and O–H groups in total. The van der Waals surface area contributed by atoms with Gasteiger partial charge in [-0.3, -0.25) is 0 Å². The van der Waals surface area contributed by atoms with Gasteiger partial charge in [-0.1, -0.05) is 33.6 Å². The fraction of sp³-hybridized carbons (Fsp3) is 1.00. The molecule has 1 fully saturated rings. The molecule has 1 aliphatic heterocycles. The van der Waals surface area contributed by atoms with E-state index in [0.717, 1.165) is 45.3 Å². The highest BCUT2D eigenvalue weighted by atomic mass is 16.5. The Labute approximate surface area is 106 Å². The molecular weight excluding hydrogens is 214 g/mol. The van der Waals surface area contributed by atoms with Crippen LogP contribution in [0.25, 0.3) is 0 Å². The van der Waals surface area contributed by atoms with Crippen LogP contribution in [0.15, 0.2) is 0 Å². The Morgan fingerprint density at radius 2 is 2.00 bits per heavy atom. The Morgan fingerprint density at radius 3 is 2.59 bits per heavy atom. The van der Waals surface area contributed by atoms with Crippen molar-refractivity contribution in [3.05, 3.63) is 0 Å². The molecule has 0 bridgehead atoms. The first-order valence-corrected chi connectivity index (χ1v) is 7.24. The molecule has 0 aromatic rings. The maximum absolute atomic E-state index is 10.1. The average Bonchev–Trinajstić information content (AvgIpc) is 2.38. The second-order valence-electron chi connectivity index (χ2n) is 5.17. The van der Waals surface area contributed by atoms with Gasteiger partial charge in [0.2, 0.25) is 0 Å². The summed E-state index contributed by atoms with van der Waals surface area (Å²) in [4.78, 5) is 0. The quantitative estimate of drug-likeness (QED) is 0.721. The van der Waals surface area contributed by atoms with E-state index in [2.05, 4.69) is 26.1 Å². The van der Waals surface area contributed by atoms with Crippen LogP contribution in [0, 0.1) is 5.92 Å². The lowest BCUT2D eigenvalue weighted by Crippen LogP contribution is -2.43. The summed E-state index contributed by atoms with van der Waals surface area (Å²) in [5.41, 5.74) is 0. The van der Waals surface area contributed by atoms with Gasteiger partial charge in [-0.2, -0.15) is 0 Å². The molecule has 17 heavy (non-hydrogen) atoms. The molecule has 3 heteroatoms. The molecule has 102 valence electrons. The van der Waals surface area contributed by atoms with Gasteiger partial charge in [0.25, 0.3) is 0 Å². The van der Waals surface area contributed by atoms with Crippen LogP contribution in [0.4, 0.5) is 0 Å². The van der Waals surface area contributed by atoms with Crippen LogP contribution >= 0.6 is 0 Å². The van der Waals surface area contributed by atoms with Crippen molar-refractivity contribution in [1.82, 2.24) is 5.32 Å². The van der Waals surface area contributed by atoms with Crippen molar-refractivity contribution in [3.8, 4) is 0 Å². The molecule has 0 amide bonds. The standard InChI is InChI=1S/C14H29NO2/c1-4-11(5-2)14(16)10-15-12-7-8-17-13(6-3)9-12/h11-16H,4-10H2,1-3H3. The van der Waals surface area contributed by atoms with E-state index in [1.165, 1.54) is 0 Å². The molecule has 0 aromatic carbocycles. The fourth-order valence-electron chi connectivity index (χ4n) is 2.64. The summed E-state index contributed by atoms with van der Waals surface area (Å²) >= 11 is 0. The Bertz CT molecular complexity index is 195. The van der Waals surface area contributed by atoms with Gasteiger partial charge < -0.3 is 15.2 Å². The summed E-state index contributed by atoms with van der Waals surface area (Å²) in [5.74, 6) is 0.435. The highest BCUT2D eigenvalue weighted by molar-refractivity contribution is 4.78. The molecule has 1 saturated heterocycles. The largest absolute Gasteiger partial charge is 0.392 e. The summed E-state index contributed by atoms with van der Waals surface area (Å²) in [5, 5.41) is 13.6. The van der Waals surface area contributed by atoms with E-state index in [9.17, 15) is 5.11 Å². The number of ether oxygens (including phenoxy) is 1. The minimum atomic E-state index is -0.201. The first-order chi connectivity index (χ1) is 8.21. The predicted molar refractivity (Wildman–Crippen MR) is 71.1 cm³/mol. The van der Waals surface area contributed by atoms with Crippen molar-refractivity contribution < 1.29 is 9.84 Å². The van der Waals surface area contributed by atoms with Crippen LogP contribution in [-0.4, -0.2) is 36.5 Å². The zero-order chi connectivity index (χ0) is 12.7. The van der Waals surface area contributed by atoms with E-state index in [4.69, 9.17) is 4.74 Å². The fourth-order valence-corrected chi connectivity index (χ4v) is 2.64. The molecular formula is C14H29NO2. The lowest BCUT2D eigenvalue weighted by atomic mass is 9.95. The number of hydrogen-bond donors (Lipinski definition) is 2. The van der Waals surface area contributed by atoms with Crippen molar-refractivity contribution in [2.45, 2.75) is 71.1 Å². The third-order valence-corrected chi connectivity index (χ3v) is 4.03. The van der Waals surface area contributed by atoms with Crippen LogP contribution in [0.2, 0.25) is 0 Å². The normalized spacial score (nSPS) is 27.4. The zero-order valence-corrected chi connectivity index (χ0v) is 11.6. The van der Waals surface area contributed by atoms with Crippen LogP contribution in [-0.2, 0) is 4.74 Å². The Balaban J connectivity index is 2.25. The highest BCUT2D eigenvalue weighted by Gasteiger charge is 2.22. The molecule has 3 nitrogen and oxygen atoms in total. The molecule has 0 saturated carbocycles. The smallest absolute Gasteiger partial charge is 0.0692 e. The number of rotatable bonds is 7. The van der Waals surface area contributed by atoms with Crippen LogP contribution in [0.1, 0.15) is 52.9 Å². The van der Waals surface area contributed by atoms with Gasteiger partial charge in [-0.05, 0) is 25.2 Å². The maximum atomic E-state index is 10.1.